The molecule has 0 aromatic heterocycles. The number of rotatable bonds is 6. The molecule has 0 spiro atoms. The summed E-state index contributed by atoms with van der Waals surface area (Å²) in [5.41, 5.74) is 1.74. The molecule has 1 heterocycles. The van der Waals surface area contributed by atoms with Crippen molar-refractivity contribution in [2.45, 2.75) is 50.2 Å². The smallest absolute Gasteiger partial charge is 0.302 e. The van der Waals surface area contributed by atoms with Gasteiger partial charge >= 0.3 is 5.97 Å². The van der Waals surface area contributed by atoms with Crippen LogP contribution in [0.2, 0.25) is 10.0 Å². The summed E-state index contributed by atoms with van der Waals surface area (Å²) in [4.78, 5) is 29.7. The van der Waals surface area contributed by atoms with Crippen LogP contribution >= 0.6 is 23.2 Å². The van der Waals surface area contributed by atoms with E-state index in [1.54, 1.807) is 19.2 Å². The van der Waals surface area contributed by atoms with E-state index in [0.29, 0.717) is 16.5 Å². The first-order valence-corrected chi connectivity index (χ1v) is 13.1. The third-order valence-corrected chi connectivity index (χ3v) is 8.69. The zero-order valence-electron chi connectivity index (χ0n) is 21.3. The van der Waals surface area contributed by atoms with Crippen LogP contribution in [0.5, 0.6) is 5.75 Å². The molecule has 4 unspecified atom stereocenters. The van der Waals surface area contributed by atoms with Gasteiger partial charge in [-0.25, -0.2) is 0 Å². The van der Waals surface area contributed by atoms with Crippen molar-refractivity contribution in [1.82, 2.24) is 9.80 Å². The van der Waals surface area contributed by atoms with Crippen molar-refractivity contribution in [3.8, 4) is 5.75 Å². The predicted molar refractivity (Wildman–Crippen MR) is 142 cm³/mol. The van der Waals surface area contributed by atoms with Gasteiger partial charge in [-0.05, 0) is 61.8 Å². The molecule has 2 aromatic carbocycles. The van der Waals surface area contributed by atoms with E-state index in [2.05, 4.69) is 24.1 Å². The molecular formula is C28H34Cl2N2O4. The largest absolute Gasteiger partial charge is 0.497 e. The van der Waals surface area contributed by atoms with Crippen molar-refractivity contribution in [2.75, 3.05) is 34.3 Å². The van der Waals surface area contributed by atoms with Crippen LogP contribution in [0, 0.1) is 5.92 Å². The summed E-state index contributed by atoms with van der Waals surface area (Å²) in [6, 6.07) is 13.4. The van der Waals surface area contributed by atoms with Crippen molar-refractivity contribution >= 4 is 35.1 Å². The van der Waals surface area contributed by atoms with Gasteiger partial charge in [0.25, 0.3) is 0 Å². The Labute approximate surface area is 223 Å². The maximum atomic E-state index is 13.4. The van der Waals surface area contributed by atoms with Crippen LogP contribution in [0.25, 0.3) is 0 Å². The molecule has 1 aliphatic carbocycles. The highest BCUT2D eigenvalue weighted by molar-refractivity contribution is 6.42. The van der Waals surface area contributed by atoms with E-state index in [0.717, 1.165) is 37.2 Å². The molecule has 1 saturated carbocycles. The lowest BCUT2D eigenvalue weighted by Crippen LogP contribution is -2.61. The average Bonchev–Trinajstić information content (AvgIpc) is 2.85. The monoisotopic (exact) mass is 532 g/mol. The normalized spacial score (nSPS) is 26.1. The summed E-state index contributed by atoms with van der Waals surface area (Å²) in [5, 5.41) is 0.898. The number of nitrogens with zero attached hydrogens (tertiary/aromatic N) is 2. The molecule has 2 fully saturated rings. The van der Waals surface area contributed by atoms with Gasteiger partial charge in [-0.15, -0.1) is 0 Å². The highest BCUT2D eigenvalue weighted by Crippen LogP contribution is 2.51. The molecule has 6 nitrogen and oxygen atoms in total. The van der Waals surface area contributed by atoms with Gasteiger partial charge in [0.1, 0.15) is 11.9 Å². The molecule has 1 aliphatic heterocycles. The van der Waals surface area contributed by atoms with Crippen LogP contribution in [0.4, 0.5) is 0 Å². The van der Waals surface area contributed by atoms with E-state index < -0.39 is 0 Å². The van der Waals surface area contributed by atoms with Gasteiger partial charge in [-0.1, -0.05) is 41.4 Å². The Bertz CT molecular complexity index is 1130. The summed E-state index contributed by atoms with van der Waals surface area (Å²) in [7, 11) is 5.63. The Morgan fingerprint density at radius 1 is 1.17 bits per heavy atom. The number of benzene rings is 2. The van der Waals surface area contributed by atoms with E-state index in [1.807, 2.05) is 30.1 Å². The molecule has 0 N–H and O–H groups in total. The second kappa shape index (κ2) is 11.0. The van der Waals surface area contributed by atoms with Gasteiger partial charge in [0.2, 0.25) is 5.91 Å². The number of fused-ring (bicyclic) bond motifs is 1. The SMILES string of the molecule is COc1cccc(C23CCN(C)CC2C(OC(C)=O)CC(N(C)C(=O)Cc2ccc(Cl)c(Cl)c2)C3)c1. The van der Waals surface area contributed by atoms with Crippen LogP contribution in [-0.2, 0) is 26.2 Å². The molecule has 1 saturated heterocycles. The number of halogens is 2. The first-order chi connectivity index (χ1) is 17.1. The Morgan fingerprint density at radius 3 is 2.64 bits per heavy atom. The average molecular weight is 533 g/mol. The fourth-order valence-electron chi connectivity index (χ4n) is 6.04. The van der Waals surface area contributed by atoms with Gasteiger partial charge in [0, 0.05) is 44.3 Å². The number of hydrogen-bond donors (Lipinski definition) is 0. The number of piperidine rings is 1. The van der Waals surface area contributed by atoms with Gasteiger partial charge in [-0.3, -0.25) is 9.59 Å². The number of methoxy groups -OCH3 is 1. The Morgan fingerprint density at radius 2 is 1.94 bits per heavy atom. The lowest BCUT2D eigenvalue weighted by atomic mass is 9.56. The number of carbonyl (C=O) groups excluding carboxylic acids is 2. The number of ether oxygens (including phenoxy) is 2. The number of likely N-dealkylation sites (tertiary alicyclic amines) is 1. The van der Waals surface area contributed by atoms with E-state index in [9.17, 15) is 9.59 Å². The van der Waals surface area contributed by atoms with Gasteiger partial charge < -0.3 is 19.3 Å². The topological polar surface area (TPSA) is 59.1 Å². The highest BCUT2D eigenvalue weighted by Gasteiger charge is 2.54. The number of hydrogen-bond acceptors (Lipinski definition) is 5. The maximum Gasteiger partial charge on any atom is 0.302 e. The molecule has 0 radical (unpaired) electrons. The van der Waals surface area contributed by atoms with Crippen molar-refractivity contribution in [3.05, 3.63) is 63.6 Å². The van der Waals surface area contributed by atoms with Gasteiger partial charge in [-0.2, -0.15) is 0 Å². The molecule has 8 heteroatoms. The van der Waals surface area contributed by atoms with Crippen molar-refractivity contribution in [3.63, 3.8) is 0 Å². The number of likely N-dealkylation sites (N-methyl/N-ethyl adjacent to an activating group) is 1. The molecule has 2 aromatic rings. The van der Waals surface area contributed by atoms with E-state index in [4.69, 9.17) is 32.7 Å². The number of carbonyl (C=O) groups is 2. The number of esters is 1. The summed E-state index contributed by atoms with van der Waals surface area (Å²) < 4.78 is 11.5. The summed E-state index contributed by atoms with van der Waals surface area (Å²) in [5.74, 6) is 0.613. The van der Waals surface area contributed by atoms with E-state index >= 15 is 0 Å². The zero-order chi connectivity index (χ0) is 26.0. The van der Waals surface area contributed by atoms with Crippen LogP contribution in [0.15, 0.2) is 42.5 Å². The lowest BCUT2D eigenvalue weighted by Gasteiger charge is -2.56. The molecule has 2 aliphatic rings. The quantitative estimate of drug-likeness (QED) is 0.490. The summed E-state index contributed by atoms with van der Waals surface area (Å²) in [6.07, 6.45) is 2.23. The van der Waals surface area contributed by atoms with Crippen LogP contribution in [0.3, 0.4) is 0 Å². The first-order valence-electron chi connectivity index (χ1n) is 12.3. The van der Waals surface area contributed by atoms with Gasteiger partial charge in [0.15, 0.2) is 0 Å². The molecule has 0 bridgehead atoms. The van der Waals surface area contributed by atoms with Gasteiger partial charge in [0.05, 0.1) is 23.6 Å². The Hall–Kier alpha value is -2.28. The van der Waals surface area contributed by atoms with Crippen molar-refractivity contribution in [1.29, 1.82) is 0 Å². The molecular weight excluding hydrogens is 499 g/mol. The fourth-order valence-corrected chi connectivity index (χ4v) is 6.36. The summed E-state index contributed by atoms with van der Waals surface area (Å²) in [6.45, 7) is 3.21. The zero-order valence-corrected chi connectivity index (χ0v) is 22.8. The fraction of sp³-hybridized carbons (Fsp3) is 0.500. The number of amides is 1. The van der Waals surface area contributed by atoms with Crippen molar-refractivity contribution in [2.24, 2.45) is 5.92 Å². The minimum absolute atomic E-state index is 0.00728. The van der Waals surface area contributed by atoms with Crippen LogP contribution in [0.1, 0.15) is 37.3 Å². The molecule has 4 rings (SSSR count). The molecule has 194 valence electrons. The molecule has 4 atom stereocenters. The van der Waals surface area contributed by atoms with Crippen LogP contribution < -0.4 is 4.74 Å². The van der Waals surface area contributed by atoms with Crippen molar-refractivity contribution < 1.29 is 19.1 Å². The highest BCUT2D eigenvalue weighted by atomic mass is 35.5. The standard InChI is InChI=1S/C28H34Cl2N2O4/c1-18(33)36-26-15-21(32(3)27(34)13-19-8-9-24(29)25(30)12-19)16-28(10-11-31(2)17-23(26)28)20-6-5-7-22(14-20)35-4/h5-9,12,14,21,23,26H,10-11,13,15-17H2,1-4H3. The Balaban J connectivity index is 1.67. The van der Waals surface area contributed by atoms with E-state index in [-0.39, 0.29) is 41.8 Å². The molecule has 1 amide bonds. The Kier molecular flexibility index (Phi) is 8.18. The summed E-state index contributed by atoms with van der Waals surface area (Å²) >= 11 is 12.2. The van der Waals surface area contributed by atoms with E-state index in [1.165, 1.54) is 12.5 Å². The predicted octanol–water partition coefficient (Wildman–Crippen LogP) is 4.99. The lowest BCUT2D eigenvalue weighted by molar-refractivity contribution is -0.160. The maximum absolute atomic E-state index is 13.4. The minimum Gasteiger partial charge on any atom is -0.497 e. The second-order valence-electron chi connectivity index (χ2n) is 10.2. The van der Waals surface area contributed by atoms with Crippen LogP contribution in [-0.4, -0.2) is 68.1 Å². The third kappa shape index (κ3) is 5.51. The third-order valence-electron chi connectivity index (χ3n) is 7.95. The molecule has 36 heavy (non-hydrogen) atoms. The minimum atomic E-state index is -0.296. The second-order valence-corrected chi connectivity index (χ2v) is 11.0. The first kappa shape index (κ1) is 26.8.